The van der Waals surface area contributed by atoms with Crippen LogP contribution in [0, 0.1) is 16.0 Å². The number of hydrogen-bond donors (Lipinski definition) is 2. The quantitative estimate of drug-likeness (QED) is 0.598. The van der Waals surface area contributed by atoms with Crippen LogP contribution in [0.4, 0.5) is 5.69 Å². The van der Waals surface area contributed by atoms with Crippen LogP contribution >= 0.6 is 0 Å². The van der Waals surface area contributed by atoms with Gasteiger partial charge in [-0.25, -0.2) is 8.42 Å². The van der Waals surface area contributed by atoms with Crippen LogP contribution in [-0.4, -0.2) is 30.0 Å². The summed E-state index contributed by atoms with van der Waals surface area (Å²) in [6, 6.07) is 4.28. The molecule has 1 aromatic rings. The number of nitrogens with zero attached hydrogens (tertiary/aromatic N) is 1. The van der Waals surface area contributed by atoms with Gasteiger partial charge in [-0.2, -0.15) is 4.72 Å². The number of carboxylic acid groups (broad SMARTS) is 1. The second-order valence-electron chi connectivity index (χ2n) is 5.14. The van der Waals surface area contributed by atoms with Crippen molar-refractivity contribution in [3.63, 3.8) is 0 Å². The molecule has 1 aliphatic carbocycles. The Morgan fingerprint density at radius 2 is 1.90 bits per heavy atom. The highest BCUT2D eigenvalue weighted by atomic mass is 32.2. The topological polar surface area (TPSA) is 127 Å². The summed E-state index contributed by atoms with van der Waals surface area (Å²) in [6.07, 6.45) is 1.29. The van der Waals surface area contributed by atoms with E-state index in [-0.39, 0.29) is 16.5 Å². The van der Waals surface area contributed by atoms with Crippen LogP contribution in [0.5, 0.6) is 0 Å². The number of nitrogens with one attached hydrogen (secondary N) is 1. The van der Waals surface area contributed by atoms with Gasteiger partial charge < -0.3 is 5.11 Å². The van der Waals surface area contributed by atoms with Crippen LogP contribution in [0.3, 0.4) is 0 Å². The van der Waals surface area contributed by atoms with Gasteiger partial charge in [0.05, 0.1) is 9.82 Å². The Balaban J connectivity index is 2.29. The first kappa shape index (κ1) is 15.4. The first-order valence-electron chi connectivity index (χ1n) is 6.18. The van der Waals surface area contributed by atoms with Gasteiger partial charge in [-0.3, -0.25) is 14.9 Å². The summed E-state index contributed by atoms with van der Waals surface area (Å²) in [4.78, 5) is 21.0. The van der Waals surface area contributed by atoms with Crippen molar-refractivity contribution in [2.45, 2.75) is 30.2 Å². The lowest BCUT2D eigenvalue weighted by atomic mass is 9.98. The van der Waals surface area contributed by atoms with Gasteiger partial charge in [0.2, 0.25) is 10.0 Å². The molecule has 0 saturated heterocycles. The van der Waals surface area contributed by atoms with Gasteiger partial charge in [-0.05, 0) is 37.8 Å². The minimum absolute atomic E-state index is 0.207. The summed E-state index contributed by atoms with van der Waals surface area (Å²) in [6.45, 7) is 1.33. The maximum atomic E-state index is 12.2. The molecule has 2 N–H and O–H groups in total. The molecule has 0 bridgehead atoms. The third kappa shape index (κ3) is 3.03. The fourth-order valence-electron chi connectivity index (χ4n) is 2.05. The van der Waals surface area contributed by atoms with E-state index in [0.717, 1.165) is 24.3 Å². The number of sulfonamides is 1. The summed E-state index contributed by atoms with van der Waals surface area (Å²) < 4.78 is 26.6. The van der Waals surface area contributed by atoms with E-state index in [1.54, 1.807) is 0 Å². The lowest BCUT2D eigenvalue weighted by molar-refractivity contribution is -0.384. The van der Waals surface area contributed by atoms with Crippen LogP contribution in [0.1, 0.15) is 19.8 Å². The second kappa shape index (κ2) is 5.08. The number of nitro benzene ring substituents is 1. The molecule has 1 atom stereocenters. The zero-order valence-corrected chi connectivity index (χ0v) is 12.0. The molecule has 1 aromatic carbocycles. The van der Waals surface area contributed by atoms with Crippen LogP contribution in [0.25, 0.3) is 0 Å². The fourth-order valence-corrected chi connectivity index (χ4v) is 3.47. The monoisotopic (exact) mass is 314 g/mol. The van der Waals surface area contributed by atoms with Crippen molar-refractivity contribution in [2.75, 3.05) is 0 Å². The van der Waals surface area contributed by atoms with E-state index < -0.39 is 26.5 Å². The van der Waals surface area contributed by atoms with E-state index in [0.29, 0.717) is 12.8 Å². The Bertz CT molecular complexity index is 680. The van der Waals surface area contributed by atoms with Crippen LogP contribution in [-0.2, 0) is 14.8 Å². The number of hydrogen-bond acceptors (Lipinski definition) is 5. The van der Waals surface area contributed by atoms with E-state index in [9.17, 15) is 28.4 Å². The minimum atomic E-state index is -4.06. The molecule has 0 aromatic heterocycles. The van der Waals surface area contributed by atoms with Crippen LogP contribution < -0.4 is 4.72 Å². The SMILES string of the molecule is CC(NS(=O)(=O)c1ccc([N+](=O)[O-])cc1)(C(=O)O)C1CC1. The molecule has 0 heterocycles. The van der Waals surface area contributed by atoms with Crippen molar-refractivity contribution in [2.24, 2.45) is 5.92 Å². The van der Waals surface area contributed by atoms with Crippen molar-refractivity contribution in [3.05, 3.63) is 34.4 Å². The fraction of sp³-hybridized carbons (Fsp3) is 0.417. The largest absolute Gasteiger partial charge is 0.480 e. The van der Waals surface area contributed by atoms with Gasteiger partial charge in [0.15, 0.2) is 0 Å². The first-order chi connectivity index (χ1) is 9.67. The average Bonchev–Trinajstić information content (AvgIpc) is 3.22. The summed E-state index contributed by atoms with van der Waals surface area (Å²) in [5, 5.41) is 19.8. The number of carboxylic acids is 1. The second-order valence-corrected chi connectivity index (χ2v) is 6.82. The van der Waals surface area contributed by atoms with Gasteiger partial charge in [-0.1, -0.05) is 0 Å². The van der Waals surface area contributed by atoms with E-state index in [4.69, 9.17) is 0 Å². The van der Waals surface area contributed by atoms with Crippen molar-refractivity contribution < 1.29 is 23.2 Å². The number of benzene rings is 1. The predicted molar refractivity (Wildman–Crippen MR) is 72.2 cm³/mol. The van der Waals surface area contributed by atoms with Crippen molar-refractivity contribution in [1.29, 1.82) is 0 Å². The van der Waals surface area contributed by atoms with Gasteiger partial charge in [0.1, 0.15) is 5.54 Å². The molecule has 2 rings (SSSR count). The molecule has 8 nitrogen and oxygen atoms in total. The molecule has 1 saturated carbocycles. The molecular formula is C12H14N2O6S. The van der Waals surface area contributed by atoms with Crippen LogP contribution in [0.2, 0.25) is 0 Å². The number of carbonyl (C=O) groups is 1. The molecule has 21 heavy (non-hydrogen) atoms. The number of aliphatic carboxylic acids is 1. The van der Waals surface area contributed by atoms with E-state index in [1.807, 2.05) is 0 Å². The smallest absolute Gasteiger partial charge is 0.324 e. The number of nitro groups is 1. The summed E-state index contributed by atoms with van der Waals surface area (Å²) in [7, 11) is -4.06. The zero-order chi connectivity index (χ0) is 15.8. The molecule has 1 unspecified atom stereocenters. The van der Waals surface area contributed by atoms with Crippen LogP contribution in [0.15, 0.2) is 29.2 Å². The van der Waals surface area contributed by atoms with Gasteiger partial charge >= 0.3 is 5.97 Å². The highest BCUT2D eigenvalue weighted by Gasteiger charge is 2.50. The van der Waals surface area contributed by atoms with Gasteiger partial charge in [0.25, 0.3) is 5.69 Å². The molecular weight excluding hydrogens is 300 g/mol. The average molecular weight is 314 g/mol. The Hall–Kier alpha value is -2.00. The summed E-state index contributed by atoms with van der Waals surface area (Å²) >= 11 is 0. The zero-order valence-electron chi connectivity index (χ0n) is 11.1. The molecule has 0 radical (unpaired) electrons. The normalized spacial score (nSPS) is 18.0. The molecule has 1 aliphatic rings. The molecule has 9 heteroatoms. The first-order valence-corrected chi connectivity index (χ1v) is 7.67. The third-order valence-electron chi connectivity index (χ3n) is 3.54. The summed E-state index contributed by atoms with van der Waals surface area (Å²) in [5.41, 5.74) is -1.81. The van der Waals surface area contributed by atoms with Crippen molar-refractivity contribution >= 4 is 21.7 Å². The van der Waals surface area contributed by atoms with Crippen molar-refractivity contribution in [3.8, 4) is 0 Å². The third-order valence-corrected chi connectivity index (χ3v) is 5.13. The molecule has 0 spiro atoms. The molecule has 0 aliphatic heterocycles. The Morgan fingerprint density at radius 1 is 1.38 bits per heavy atom. The highest BCUT2D eigenvalue weighted by molar-refractivity contribution is 7.89. The lowest BCUT2D eigenvalue weighted by Crippen LogP contribution is -2.53. The maximum Gasteiger partial charge on any atom is 0.324 e. The van der Waals surface area contributed by atoms with Gasteiger partial charge in [-0.15, -0.1) is 0 Å². The van der Waals surface area contributed by atoms with Gasteiger partial charge in [0, 0.05) is 12.1 Å². The Labute approximate surface area is 121 Å². The Kier molecular flexibility index (Phi) is 3.72. The van der Waals surface area contributed by atoms with E-state index in [2.05, 4.69) is 4.72 Å². The van der Waals surface area contributed by atoms with Crippen molar-refractivity contribution in [1.82, 2.24) is 4.72 Å². The Morgan fingerprint density at radius 3 is 2.29 bits per heavy atom. The number of non-ortho nitro benzene ring substituents is 1. The highest BCUT2D eigenvalue weighted by Crippen LogP contribution is 2.40. The van der Waals surface area contributed by atoms with E-state index >= 15 is 0 Å². The van der Waals surface area contributed by atoms with E-state index in [1.165, 1.54) is 6.92 Å². The molecule has 0 amide bonds. The maximum absolute atomic E-state index is 12.2. The lowest BCUT2D eigenvalue weighted by Gasteiger charge is -2.25. The standard InChI is InChI=1S/C12H14N2O6S/c1-12(11(15)16,8-2-3-8)13-21(19,20)10-6-4-9(5-7-10)14(17)18/h4-8,13H,2-3H2,1H3,(H,15,16). The predicted octanol–water partition coefficient (Wildman–Crippen LogP) is 1.13. The molecule has 114 valence electrons. The minimum Gasteiger partial charge on any atom is -0.480 e. The summed E-state index contributed by atoms with van der Waals surface area (Å²) in [5.74, 6) is -1.49. The number of rotatable bonds is 6. The molecule has 1 fully saturated rings.